The third-order valence-corrected chi connectivity index (χ3v) is 4.82. The molecule has 0 saturated heterocycles. The molecule has 0 saturated carbocycles. The van der Waals surface area contributed by atoms with Gasteiger partial charge < -0.3 is 15.0 Å². The molecule has 27 heavy (non-hydrogen) atoms. The first-order chi connectivity index (χ1) is 13.0. The van der Waals surface area contributed by atoms with E-state index in [4.69, 9.17) is 4.74 Å². The first kappa shape index (κ1) is 18.7. The van der Waals surface area contributed by atoms with Gasteiger partial charge in [-0.3, -0.25) is 4.79 Å². The average molecular weight is 383 g/mol. The van der Waals surface area contributed by atoms with Crippen LogP contribution in [0.4, 0.5) is 5.69 Å². The number of ether oxygens (including phenoxy) is 1. The molecule has 0 spiro atoms. The fourth-order valence-corrected chi connectivity index (χ4v) is 3.47. The fraction of sp³-hybridized carbons (Fsp3) is 0.158. The van der Waals surface area contributed by atoms with Gasteiger partial charge in [0.05, 0.1) is 12.9 Å². The molecule has 3 rings (SSSR count). The van der Waals surface area contributed by atoms with Crippen molar-refractivity contribution in [1.82, 2.24) is 9.97 Å². The minimum atomic E-state index is -0.617. The predicted octanol–water partition coefficient (Wildman–Crippen LogP) is 2.75. The van der Waals surface area contributed by atoms with Crippen LogP contribution in [0.2, 0.25) is 0 Å². The van der Waals surface area contributed by atoms with Crippen molar-refractivity contribution in [2.24, 2.45) is 0 Å². The Morgan fingerprint density at radius 1 is 1.19 bits per heavy atom. The standard InChI is InChI=1S/C19H17N3O4S/c1-11-16(18(24)26-2)17(22-19(25)20-11)27-10-15(23)21-14-8-7-12-5-3-4-6-13(12)9-14/h3-9H,10H2,1-2H3,(H,21,23)(H,20,22,25). The molecule has 2 aromatic carbocycles. The normalized spacial score (nSPS) is 10.6. The van der Waals surface area contributed by atoms with Crippen LogP contribution >= 0.6 is 11.8 Å². The van der Waals surface area contributed by atoms with Gasteiger partial charge >= 0.3 is 11.7 Å². The summed E-state index contributed by atoms with van der Waals surface area (Å²) in [7, 11) is 1.24. The van der Waals surface area contributed by atoms with Crippen molar-refractivity contribution < 1.29 is 14.3 Å². The molecular weight excluding hydrogens is 366 g/mol. The number of methoxy groups -OCH3 is 1. The van der Waals surface area contributed by atoms with Crippen molar-refractivity contribution in [2.75, 3.05) is 18.2 Å². The third kappa shape index (κ3) is 4.35. The number of nitrogens with zero attached hydrogens (tertiary/aromatic N) is 1. The van der Waals surface area contributed by atoms with E-state index in [1.165, 1.54) is 7.11 Å². The zero-order chi connectivity index (χ0) is 19.4. The van der Waals surface area contributed by atoms with Gasteiger partial charge in [-0.05, 0) is 29.8 Å². The van der Waals surface area contributed by atoms with Crippen LogP contribution in [0, 0.1) is 6.92 Å². The molecule has 0 fully saturated rings. The predicted molar refractivity (Wildman–Crippen MR) is 104 cm³/mol. The molecule has 1 heterocycles. The Kier molecular flexibility index (Phi) is 5.56. The number of fused-ring (bicyclic) bond motifs is 1. The van der Waals surface area contributed by atoms with Crippen LogP contribution in [0.1, 0.15) is 16.1 Å². The third-order valence-electron chi connectivity index (χ3n) is 3.85. The molecule has 0 aliphatic heterocycles. The number of carbonyl (C=O) groups excluding carboxylic acids is 2. The van der Waals surface area contributed by atoms with Crippen LogP contribution in [-0.4, -0.2) is 34.7 Å². The number of aromatic nitrogens is 2. The average Bonchev–Trinajstić information content (AvgIpc) is 2.65. The molecule has 0 aliphatic rings. The van der Waals surface area contributed by atoms with Crippen molar-refractivity contribution in [2.45, 2.75) is 11.9 Å². The number of rotatable bonds is 5. The van der Waals surface area contributed by atoms with Gasteiger partial charge in [0, 0.05) is 11.4 Å². The molecule has 2 N–H and O–H groups in total. The highest BCUT2D eigenvalue weighted by Gasteiger charge is 2.19. The topological polar surface area (TPSA) is 101 Å². The van der Waals surface area contributed by atoms with Crippen LogP contribution in [0.15, 0.2) is 52.3 Å². The van der Waals surface area contributed by atoms with E-state index in [-0.39, 0.29) is 22.2 Å². The smallest absolute Gasteiger partial charge is 0.346 e. The maximum absolute atomic E-state index is 12.3. The first-order valence-electron chi connectivity index (χ1n) is 8.08. The summed E-state index contributed by atoms with van der Waals surface area (Å²) in [5, 5.41) is 5.07. The second-order valence-electron chi connectivity index (χ2n) is 5.74. The van der Waals surface area contributed by atoms with Gasteiger partial charge in [0.25, 0.3) is 0 Å². The van der Waals surface area contributed by atoms with E-state index < -0.39 is 11.7 Å². The van der Waals surface area contributed by atoms with E-state index >= 15 is 0 Å². The number of hydrogen-bond acceptors (Lipinski definition) is 6. The highest BCUT2D eigenvalue weighted by atomic mass is 32.2. The maximum Gasteiger partial charge on any atom is 0.346 e. The minimum Gasteiger partial charge on any atom is -0.465 e. The first-order valence-corrected chi connectivity index (χ1v) is 9.07. The van der Waals surface area contributed by atoms with Crippen molar-refractivity contribution in [1.29, 1.82) is 0 Å². The number of benzene rings is 2. The summed E-state index contributed by atoms with van der Waals surface area (Å²) >= 11 is 1.01. The van der Waals surface area contributed by atoms with E-state index in [1.54, 1.807) is 6.92 Å². The molecule has 7 nitrogen and oxygen atoms in total. The molecule has 0 atom stereocenters. The molecule has 0 unspecified atom stereocenters. The Morgan fingerprint density at radius 3 is 2.67 bits per heavy atom. The number of nitrogens with one attached hydrogen (secondary N) is 2. The van der Waals surface area contributed by atoms with Crippen molar-refractivity contribution in [3.63, 3.8) is 0 Å². The lowest BCUT2D eigenvalue weighted by molar-refractivity contribution is -0.113. The molecule has 1 amide bonds. The summed E-state index contributed by atoms with van der Waals surface area (Å²) < 4.78 is 4.73. The number of H-pyrrole nitrogens is 1. The van der Waals surface area contributed by atoms with E-state index in [1.807, 2.05) is 42.5 Å². The number of carbonyl (C=O) groups is 2. The molecule has 1 aromatic heterocycles. The molecule has 8 heteroatoms. The Bertz CT molecular complexity index is 1080. The van der Waals surface area contributed by atoms with Crippen molar-refractivity contribution in [3.8, 4) is 0 Å². The number of esters is 1. The fourth-order valence-electron chi connectivity index (χ4n) is 2.60. The Labute approximate surface area is 159 Å². The highest BCUT2D eigenvalue weighted by Crippen LogP contribution is 2.23. The van der Waals surface area contributed by atoms with Crippen LogP contribution in [-0.2, 0) is 9.53 Å². The second kappa shape index (κ2) is 8.05. The maximum atomic E-state index is 12.3. The van der Waals surface area contributed by atoms with Gasteiger partial charge in [-0.2, -0.15) is 4.98 Å². The SMILES string of the molecule is COC(=O)c1c(SCC(=O)Nc2ccc3ccccc3c2)nc(=O)[nH]c1C. The summed E-state index contributed by atoms with van der Waals surface area (Å²) in [6, 6.07) is 13.5. The quantitative estimate of drug-likeness (QED) is 0.399. The van der Waals surface area contributed by atoms with Gasteiger partial charge in [-0.1, -0.05) is 42.1 Å². The van der Waals surface area contributed by atoms with Gasteiger partial charge in [0.2, 0.25) is 5.91 Å². The molecular formula is C19H17N3O4S. The lowest BCUT2D eigenvalue weighted by atomic mass is 10.1. The molecule has 0 bridgehead atoms. The van der Waals surface area contributed by atoms with Crippen LogP contribution in [0.25, 0.3) is 10.8 Å². The zero-order valence-electron chi connectivity index (χ0n) is 14.7. The van der Waals surface area contributed by atoms with Gasteiger partial charge in [-0.15, -0.1) is 0 Å². The van der Waals surface area contributed by atoms with Crippen molar-refractivity contribution in [3.05, 3.63) is 64.2 Å². The zero-order valence-corrected chi connectivity index (χ0v) is 15.6. The van der Waals surface area contributed by atoms with Gasteiger partial charge in [0.1, 0.15) is 10.6 Å². The van der Waals surface area contributed by atoms with Crippen LogP contribution in [0.5, 0.6) is 0 Å². The molecule has 0 aliphatic carbocycles. The summed E-state index contributed by atoms with van der Waals surface area (Å²) in [5.74, 6) is -0.897. The Hall–Kier alpha value is -3.13. The van der Waals surface area contributed by atoms with Crippen LogP contribution < -0.4 is 11.0 Å². The Balaban J connectivity index is 1.73. The number of amides is 1. The highest BCUT2D eigenvalue weighted by molar-refractivity contribution is 8.00. The summed E-state index contributed by atoms with van der Waals surface area (Å²) in [4.78, 5) is 42.1. The molecule has 3 aromatic rings. The van der Waals surface area contributed by atoms with E-state index in [0.29, 0.717) is 11.4 Å². The number of aromatic amines is 1. The Morgan fingerprint density at radius 2 is 1.93 bits per heavy atom. The monoisotopic (exact) mass is 383 g/mol. The van der Waals surface area contributed by atoms with Crippen molar-refractivity contribution >= 4 is 40.1 Å². The van der Waals surface area contributed by atoms with E-state index in [0.717, 1.165) is 22.5 Å². The summed E-state index contributed by atoms with van der Waals surface area (Å²) in [5.41, 5.74) is 0.583. The minimum absolute atomic E-state index is 0.00723. The number of anilines is 1. The van der Waals surface area contributed by atoms with Gasteiger partial charge in [0.15, 0.2) is 0 Å². The number of aryl methyl sites for hydroxylation is 1. The number of thioether (sulfide) groups is 1. The summed E-state index contributed by atoms with van der Waals surface area (Å²) in [6.07, 6.45) is 0. The molecule has 138 valence electrons. The van der Waals surface area contributed by atoms with Crippen LogP contribution in [0.3, 0.4) is 0 Å². The lowest BCUT2D eigenvalue weighted by Crippen LogP contribution is -2.20. The lowest BCUT2D eigenvalue weighted by Gasteiger charge is -2.09. The van der Waals surface area contributed by atoms with E-state index in [2.05, 4.69) is 15.3 Å². The summed E-state index contributed by atoms with van der Waals surface area (Å²) in [6.45, 7) is 1.58. The second-order valence-corrected chi connectivity index (χ2v) is 6.70. The number of hydrogen-bond donors (Lipinski definition) is 2. The largest absolute Gasteiger partial charge is 0.465 e. The molecule has 0 radical (unpaired) electrons. The van der Waals surface area contributed by atoms with Gasteiger partial charge in [-0.25, -0.2) is 9.59 Å². The van der Waals surface area contributed by atoms with E-state index in [9.17, 15) is 14.4 Å².